The zero-order chi connectivity index (χ0) is 14.9. The van der Waals surface area contributed by atoms with Crippen molar-refractivity contribution in [2.75, 3.05) is 5.73 Å². The van der Waals surface area contributed by atoms with E-state index in [1.165, 1.54) is 0 Å². The van der Waals surface area contributed by atoms with Gasteiger partial charge in [0.05, 0.1) is 5.75 Å². The first-order valence-corrected chi connectivity index (χ1v) is 7.96. The zero-order valence-corrected chi connectivity index (χ0v) is 12.5. The van der Waals surface area contributed by atoms with Crippen molar-refractivity contribution in [3.63, 3.8) is 0 Å². The van der Waals surface area contributed by atoms with E-state index in [2.05, 4.69) is 15.9 Å². The number of benzene rings is 2. The van der Waals surface area contributed by atoms with Crippen LogP contribution in [0.5, 0.6) is 0 Å². The summed E-state index contributed by atoms with van der Waals surface area (Å²) in [6, 6.07) is 7.07. The van der Waals surface area contributed by atoms with Gasteiger partial charge in [0.15, 0.2) is 9.84 Å². The molecule has 0 radical (unpaired) electrons. The molecule has 20 heavy (non-hydrogen) atoms. The Balaban J connectivity index is 2.46. The number of hydrogen-bond acceptors (Lipinski definition) is 3. The highest BCUT2D eigenvalue weighted by atomic mass is 79.9. The minimum Gasteiger partial charge on any atom is -0.398 e. The first kappa shape index (κ1) is 14.9. The zero-order valence-electron chi connectivity index (χ0n) is 10.1. The van der Waals surface area contributed by atoms with Crippen LogP contribution in [-0.2, 0) is 15.6 Å². The fraction of sp³-hybridized carbons (Fsp3) is 0.0769. The lowest BCUT2D eigenvalue weighted by atomic mass is 10.2. The lowest BCUT2D eigenvalue weighted by Crippen LogP contribution is -2.08. The van der Waals surface area contributed by atoms with E-state index in [9.17, 15) is 17.2 Å². The summed E-state index contributed by atoms with van der Waals surface area (Å²) in [5.74, 6) is -2.26. The molecule has 0 atom stereocenters. The Morgan fingerprint density at radius 1 is 1.15 bits per heavy atom. The molecule has 2 rings (SSSR count). The Morgan fingerprint density at radius 2 is 1.85 bits per heavy atom. The molecule has 2 N–H and O–H groups in total. The third-order valence-electron chi connectivity index (χ3n) is 2.68. The van der Waals surface area contributed by atoms with Crippen LogP contribution in [0.3, 0.4) is 0 Å². The Bertz CT molecular complexity index is 763. The van der Waals surface area contributed by atoms with Crippen LogP contribution in [0.15, 0.2) is 45.8 Å². The second kappa shape index (κ2) is 5.49. The van der Waals surface area contributed by atoms with E-state index in [1.54, 1.807) is 18.2 Å². The smallest absolute Gasteiger partial charge is 0.185 e. The van der Waals surface area contributed by atoms with Crippen LogP contribution in [0.4, 0.5) is 14.5 Å². The predicted molar refractivity (Wildman–Crippen MR) is 75.8 cm³/mol. The van der Waals surface area contributed by atoms with Crippen LogP contribution >= 0.6 is 15.9 Å². The van der Waals surface area contributed by atoms with E-state index < -0.39 is 32.1 Å². The molecular formula is C13H10BrF2NO2S. The van der Waals surface area contributed by atoms with Gasteiger partial charge in [-0.1, -0.05) is 12.1 Å². The molecule has 7 heteroatoms. The molecule has 0 unspecified atom stereocenters. The van der Waals surface area contributed by atoms with Crippen LogP contribution in [0, 0.1) is 11.6 Å². The molecule has 0 aliphatic heterocycles. The highest BCUT2D eigenvalue weighted by Gasteiger charge is 2.22. The molecular weight excluding hydrogens is 352 g/mol. The Kier molecular flexibility index (Phi) is 4.10. The van der Waals surface area contributed by atoms with Crippen molar-refractivity contribution in [1.82, 2.24) is 0 Å². The summed E-state index contributed by atoms with van der Waals surface area (Å²) in [4.78, 5) is -0.660. The third-order valence-corrected chi connectivity index (χ3v) is 5.32. The summed E-state index contributed by atoms with van der Waals surface area (Å²) in [6.07, 6.45) is 0. The summed E-state index contributed by atoms with van der Waals surface area (Å²) in [5, 5.41) is 0. The molecule has 3 nitrogen and oxygen atoms in total. The van der Waals surface area contributed by atoms with E-state index >= 15 is 0 Å². The van der Waals surface area contributed by atoms with Crippen molar-refractivity contribution in [3.8, 4) is 0 Å². The molecule has 0 heterocycles. The lowest BCUT2D eigenvalue weighted by molar-refractivity contribution is 0.552. The van der Waals surface area contributed by atoms with Gasteiger partial charge in [-0.2, -0.15) is 0 Å². The quantitative estimate of drug-likeness (QED) is 0.853. The predicted octanol–water partition coefficient (Wildman–Crippen LogP) is 3.28. The average molecular weight is 362 g/mol. The summed E-state index contributed by atoms with van der Waals surface area (Å²) in [6.45, 7) is 0. The van der Waals surface area contributed by atoms with Gasteiger partial charge in [-0.05, 0) is 45.8 Å². The summed E-state index contributed by atoms with van der Waals surface area (Å²) < 4.78 is 51.4. The average Bonchev–Trinajstić information content (AvgIpc) is 2.37. The fourth-order valence-electron chi connectivity index (χ4n) is 1.71. The topological polar surface area (TPSA) is 60.2 Å². The van der Waals surface area contributed by atoms with Crippen molar-refractivity contribution >= 4 is 31.5 Å². The molecule has 2 aromatic rings. The van der Waals surface area contributed by atoms with E-state index in [1.807, 2.05) is 0 Å². The van der Waals surface area contributed by atoms with Gasteiger partial charge in [-0.25, -0.2) is 17.2 Å². The van der Waals surface area contributed by atoms with Crippen LogP contribution < -0.4 is 5.73 Å². The molecule has 0 fully saturated rings. The minimum absolute atomic E-state index is 0.373. The van der Waals surface area contributed by atoms with Crippen molar-refractivity contribution in [2.45, 2.75) is 10.6 Å². The fourth-order valence-corrected chi connectivity index (χ4v) is 3.76. The molecule has 0 aliphatic rings. The maximum Gasteiger partial charge on any atom is 0.185 e. The first-order chi connectivity index (χ1) is 9.31. The summed E-state index contributed by atoms with van der Waals surface area (Å²) >= 11 is 3.18. The molecule has 0 saturated heterocycles. The number of sulfone groups is 1. The minimum atomic E-state index is -4.01. The van der Waals surface area contributed by atoms with Gasteiger partial charge in [-0.3, -0.25) is 0 Å². The van der Waals surface area contributed by atoms with Crippen molar-refractivity contribution in [1.29, 1.82) is 0 Å². The molecule has 0 saturated carbocycles. The van der Waals surface area contributed by atoms with E-state index in [4.69, 9.17) is 5.73 Å². The number of nitrogens with two attached hydrogens (primary N) is 1. The second-order valence-electron chi connectivity index (χ2n) is 4.15. The monoisotopic (exact) mass is 361 g/mol. The van der Waals surface area contributed by atoms with Gasteiger partial charge >= 0.3 is 0 Å². The van der Waals surface area contributed by atoms with E-state index in [0.717, 1.165) is 12.1 Å². The Labute approximate surface area is 123 Å². The molecule has 106 valence electrons. The maximum atomic E-state index is 13.6. The molecule has 0 spiro atoms. The van der Waals surface area contributed by atoms with Gasteiger partial charge in [-0.15, -0.1) is 0 Å². The van der Waals surface area contributed by atoms with Crippen molar-refractivity contribution in [2.24, 2.45) is 0 Å². The molecule has 2 aromatic carbocycles. The molecule has 0 bridgehead atoms. The maximum absolute atomic E-state index is 13.6. The van der Waals surface area contributed by atoms with Crippen LogP contribution in [0.1, 0.15) is 5.56 Å². The third kappa shape index (κ3) is 2.99. The largest absolute Gasteiger partial charge is 0.398 e. The summed E-state index contributed by atoms with van der Waals surface area (Å²) in [7, 11) is -4.01. The van der Waals surface area contributed by atoms with Gasteiger partial charge in [0.2, 0.25) is 0 Å². The first-order valence-electron chi connectivity index (χ1n) is 5.52. The van der Waals surface area contributed by atoms with Gasteiger partial charge in [0.25, 0.3) is 0 Å². The van der Waals surface area contributed by atoms with Crippen molar-refractivity contribution in [3.05, 3.63) is 58.1 Å². The number of halogens is 3. The number of rotatable bonds is 3. The normalized spacial score (nSPS) is 11.6. The standard InChI is InChI=1S/C13H10BrF2NO2S/c14-13-8(2-1-3-11(13)17)7-20(18,19)12-6-9(15)4-5-10(12)16/h1-6H,7,17H2. The second-order valence-corrected chi connectivity index (χ2v) is 6.91. The number of nitrogen functional groups attached to an aromatic ring is 1. The van der Waals surface area contributed by atoms with Crippen LogP contribution in [-0.4, -0.2) is 8.42 Å². The SMILES string of the molecule is Nc1cccc(CS(=O)(=O)c2cc(F)ccc2F)c1Br. The highest BCUT2D eigenvalue weighted by Crippen LogP contribution is 2.28. The Morgan fingerprint density at radius 3 is 2.55 bits per heavy atom. The van der Waals surface area contributed by atoms with Gasteiger partial charge in [0, 0.05) is 10.2 Å². The Hall–Kier alpha value is -1.47. The van der Waals surface area contributed by atoms with Gasteiger partial charge in [0.1, 0.15) is 16.5 Å². The molecule has 0 aliphatic carbocycles. The van der Waals surface area contributed by atoms with E-state index in [-0.39, 0.29) is 0 Å². The van der Waals surface area contributed by atoms with Gasteiger partial charge < -0.3 is 5.73 Å². The number of hydrogen-bond donors (Lipinski definition) is 1. The van der Waals surface area contributed by atoms with Crippen molar-refractivity contribution < 1.29 is 17.2 Å². The molecule has 0 aromatic heterocycles. The van der Waals surface area contributed by atoms with Crippen LogP contribution in [0.25, 0.3) is 0 Å². The van der Waals surface area contributed by atoms with Crippen LogP contribution in [0.2, 0.25) is 0 Å². The number of anilines is 1. The lowest BCUT2D eigenvalue weighted by Gasteiger charge is -2.09. The molecule has 0 amide bonds. The summed E-state index contributed by atoms with van der Waals surface area (Å²) in [5.41, 5.74) is 6.41. The highest BCUT2D eigenvalue weighted by molar-refractivity contribution is 9.10. The van der Waals surface area contributed by atoms with E-state index in [0.29, 0.717) is 21.8 Å².